The Morgan fingerprint density at radius 2 is 1.89 bits per heavy atom. The second-order valence-corrected chi connectivity index (χ2v) is 4.19. The standard InChI is InChI=1S/C10H6F3N3O2S/c11-10(12,13)7-15-16-9(19-7)18-8(17)14-6-4-2-1-3-5-6/h1-5H,(H,14,17). The van der Waals surface area contributed by atoms with Crippen LogP contribution in [0.1, 0.15) is 5.01 Å². The highest BCUT2D eigenvalue weighted by molar-refractivity contribution is 7.13. The number of nitrogens with one attached hydrogen (secondary N) is 1. The molecule has 0 atom stereocenters. The fourth-order valence-electron chi connectivity index (χ4n) is 1.11. The van der Waals surface area contributed by atoms with Crippen LogP contribution >= 0.6 is 11.3 Å². The number of benzene rings is 1. The third-order valence-corrected chi connectivity index (χ3v) is 2.70. The van der Waals surface area contributed by atoms with Gasteiger partial charge < -0.3 is 4.74 Å². The molecule has 1 aromatic carbocycles. The number of para-hydroxylation sites is 1. The molecule has 9 heteroatoms. The van der Waals surface area contributed by atoms with Gasteiger partial charge in [-0.05, 0) is 23.5 Å². The lowest BCUT2D eigenvalue weighted by molar-refractivity contribution is -0.138. The summed E-state index contributed by atoms with van der Waals surface area (Å²) in [5.74, 6) is 0. The fourth-order valence-corrected chi connectivity index (χ4v) is 1.67. The molecule has 100 valence electrons. The molecule has 0 saturated heterocycles. The van der Waals surface area contributed by atoms with Crippen LogP contribution in [0.5, 0.6) is 5.19 Å². The van der Waals surface area contributed by atoms with Crippen molar-refractivity contribution in [2.45, 2.75) is 6.18 Å². The lowest BCUT2D eigenvalue weighted by Gasteiger charge is -2.02. The number of anilines is 1. The smallest absolute Gasteiger partial charge is 0.380 e. The molecule has 19 heavy (non-hydrogen) atoms. The van der Waals surface area contributed by atoms with E-state index in [9.17, 15) is 18.0 Å². The largest absolute Gasteiger partial charge is 0.445 e. The average Bonchev–Trinajstić information content (AvgIpc) is 2.78. The number of alkyl halides is 3. The van der Waals surface area contributed by atoms with Gasteiger partial charge in [-0.1, -0.05) is 23.3 Å². The van der Waals surface area contributed by atoms with Crippen molar-refractivity contribution in [1.82, 2.24) is 10.2 Å². The molecule has 0 fully saturated rings. The maximum absolute atomic E-state index is 12.2. The van der Waals surface area contributed by atoms with Gasteiger partial charge in [0, 0.05) is 5.69 Å². The summed E-state index contributed by atoms with van der Waals surface area (Å²) in [6.45, 7) is 0. The molecule has 0 aliphatic heterocycles. The van der Waals surface area contributed by atoms with Gasteiger partial charge >= 0.3 is 17.5 Å². The van der Waals surface area contributed by atoms with Gasteiger partial charge in [0.05, 0.1) is 0 Å². The normalized spacial score (nSPS) is 11.1. The number of carbonyl (C=O) groups is 1. The van der Waals surface area contributed by atoms with E-state index in [1.807, 2.05) is 0 Å². The van der Waals surface area contributed by atoms with Gasteiger partial charge in [0.2, 0.25) is 5.01 Å². The van der Waals surface area contributed by atoms with Crippen LogP contribution < -0.4 is 10.1 Å². The number of hydrogen-bond donors (Lipinski definition) is 1. The Morgan fingerprint density at radius 1 is 1.21 bits per heavy atom. The Bertz CT molecular complexity index is 571. The van der Waals surface area contributed by atoms with Crippen molar-refractivity contribution in [2.75, 3.05) is 5.32 Å². The molecule has 0 spiro atoms. The molecule has 1 N–H and O–H groups in total. The van der Waals surface area contributed by atoms with Crippen molar-refractivity contribution in [1.29, 1.82) is 0 Å². The number of ether oxygens (including phenoxy) is 1. The van der Waals surface area contributed by atoms with Crippen LogP contribution in [0, 0.1) is 0 Å². The summed E-state index contributed by atoms with van der Waals surface area (Å²) in [5.41, 5.74) is 0.452. The monoisotopic (exact) mass is 289 g/mol. The number of hydrogen-bond acceptors (Lipinski definition) is 5. The van der Waals surface area contributed by atoms with Gasteiger partial charge in [0.15, 0.2) is 0 Å². The van der Waals surface area contributed by atoms with Crippen LogP contribution in [0.2, 0.25) is 0 Å². The van der Waals surface area contributed by atoms with Crippen molar-refractivity contribution in [3.63, 3.8) is 0 Å². The van der Waals surface area contributed by atoms with Crippen LogP contribution in [0.25, 0.3) is 0 Å². The first kappa shape index (κ1) is 13.3. The summed E-state index contributed by atoms with van der Waals surface area (Å²) in [4.78, 5) is 11.4. The second kappa shape index (κ2) is 5.22. The number of nitrogens with zero attached hydrogens (tertiary/aromatic N) is 2. The molecule has 1 aromatic heterocycles. The van der Waals surface area contributed by atoms with Crippen LogP contribution in [0.3, 0.4) is 0 Å². The van der Waals surface area contributed by atoms with Crippen LogP contribution in [-0.4, -0.2) is 16.3 Å². The summed E-state index contributed by atoms with van der Waals surface area (Å²) in [6, 6.07) is 8.31. The molecule has 0 unspecified atom stereocenters. The van der Waals surface area contributed by atoms with Gasteiger partial charge in [0.1, 0.15) is 0 Å². The zero-order valence-electron chi connectivity index (χ0n) is 9.14. The van der Waals surface area contributed by atoms with Gasteiger partial charge in [0.25, 0.3) is 0 Å². The minimum atomic E-state index is -4.60. The van der Waals surface area contributed by atoms with Crippen molar-refractivity contribution in [2.24, 2.45) is 0 Å². The van der Waals surface area contributed by atoms with Crippen LogP contribution in [0.15, 0.2) is 30.3 Å². The predicted molar refractivity (Wildman–Crippen MR) is 61.0 cm³/mol. The van der Waals surface area contributed by atoms with Crippen molar-refractivity contribution < 1.29 is 22.7 Å². The third kappa shape index (κ3) is 3.65. The summed E-state index contributed by atoms with van der Waals surface area (Å²) in [7, 11) is 0. The minimum absolute atomic E-state index is 0.148. The van der Waals surface area contributed by atoms with E-state index in [2.05, 4.69) is 20.3 Å². The van der Waals surface area contributed by atoms with E-state index in [1.165, 1.54) is 0 Å². The van der Waals surface area contributed by atoms with E-state index in [0.717, 1.165) is 0 Å². The van der Waals surface area contributed by atoms with E-state index in [-0.39, 0.29) is 11.3 Å². The number of amides is 1. The highest BCUT2D eigenvalue weighted by atomic mass is 32.1. The lowest BCUT2D eigenvalue weighted by Crippen LogP contribution is -2.16. The summed E-state index contributed by atoms with van der Waals surface area (Å²) in [6.07, 6.45) is -5.54. The zero-order valence-corrected chi connectivity index (χ0v) is 9.96. The molecule has 2 aromatic rings. The van der Waals surface area contributed by atoms with Gasteiger partial charge in [-0.25, -0.2) is 4.79 Å². The molecular weight excluding hydrogens is 283 g/mol. The van der Waals surface area contributed by atoms with Gasteiger partial charge in [-0.15, -0.1) is 5.10 Å². The van der Waals surface area contributed by atoms with Gasteiger partial charge in [-0.3, -0.25) is 5.32 Å². The molecular formula is C10H6F3N3O2S. The van der Waals surface area contributed by atoms with E-state index in [0.29, 0.717) is 5.69 Å². The second-order valence-electron chi connectivity index (χ2n) is 3.25. The predicted octanol–water partition coefficient (Wildman–Crippen LogP) is 3.17. The topological polar surface area (TPSA) is 64.1 Å². The van der Waals surface area contributed by atoms with Crippen molar-refractivity contribution in [3.8, 4) is 5.19 Å². The minimum Gasteiger partial charge on any atom is -0.380 e. The molecule has 0 saturated carbocycles. The van der Waals surface area contributed by atoms with Gasteiger partial charge in [-0.2, -0.15) is 13.2 Å². The number of rotatable bonds is 2. The Labute approximate surface area is 109 Å². The summed E-state index contributed by atoms with van der Waals surface area (Å²) >= 11 is 0.148. The van der Waals surface area contributed by atoms with E-state index >= 15 is 0 Å². The number of aromatic nitrogens is 2. The molecule has 0 radical (unpaired) electrons. The van der Waals surface area contributed by atoms with Crippen LogP contribution in [0.4, 0.5) is 23.7 Å². The SMILES string of the molecule is O=C(Nc1ccccc1)Oc1nnc(C(F)(F)F)s1. The van der Waals surface area contributed by atoms with E-state index in [1.54, 1.807) is 30.3 Å². The maximum Gasteiger partial charge on any atom is 0.445 e. The maximum atomic E-state index is 12.2. The quantitative estimate of drug-likeness (QED) is 0.922. The molecule has 5 nitrogen and oxygen atoms in total. The first-order chi connectivity index (χ1) is 8.95. The molecule has 0 aliphatic rings. The van der Waals surface area contributed by atoms with E-state index in [4.69, 9.17) is 0 Å². The first-order valence-electron chi connectivity index (χ1n) is 4.90. The molecule has 0 aliphatic carbocycles. The third-order valence-electron chi connectivity index (χ3n) is 1.85. The number of carbonyl (C=O) groups excluding carboxylic acids is 1. The lowest BCUT2D eigenvalue weighted by atomic mass is 10.3. The molecule has 1 amide bonds. The Kier molecular flexibility index (Phi) is 3.65. The van der Waals surface area contributed by atoms with Crippen molar-refractivity contribution in [3.05, 3.63) is 35.3 Å². The van der Waals surface area contributed by atoms with Crippen LogP contribution in [-0.2, 0) is 6.18 Å². The highest BCUT2D eigenvalue weighted by Gasteiger charge is 2.36. The van der Waals surface area contributed by atoms with Crippen molar-refractivity contribution >= 4 is 23.1 Å². The average molecular weight is 289 g/mol. The Balaban J connectivity index is 1.98. The first-order valence-corrected chi connectivity index (χ1v) is 5.71. The number of halogens is 3. The molecule has 2 rings (SSSR count). The fraction of sp³-hybridized carbons (Fsp3) is 0.100. The van der Waals surface area contributed by atoms with E-state index < -0.39 is 22.5 Å². The summed E-state index contributed by atoms with van der Waals surface area (Å²) in [5, 5.41) is 6.71. The molecule has 1 heterocycles. The summed E-state index contributed by atoms with van der Waals surface area (Å²) < 4.78 is 41.3. The highest BCUT2D eigenvalue weighted by Crippen LogP contribution is 2.33. The Hall–Kier alpha value is -2.16. The molecule has 0 bridgehead atoms. The Morgan fingerprint density at radius 3 is 2.47 bits per heavy atom. The zero-order chi connectivity index (χ0) is 13.9.